The first-order valence-corrected chi connectivity index (χ1v) is 4.44. The van der Waals surface area contributed by atoms with Crippen molar-refractivity contribution in [2.75, 3.05) is 6.54 Å². The maximum Gasteiger partial charge on any atom is 0.416 e. The lowest BCUT2D eigenvalue weighted by atomic mass is 10.2. The third-order valence-corrected chi connectivity index (χ3v) is 1.73. The van der Waals surface area contributed by atoms with Crippen LogP contribution >= 0.6 is 0 Å². The first kappa shape index (κ1) is 11.7. The van der Waals surface area contributed by atoms with Crippen LogP contribution in [0.4, 0.5) is 13.2 Å². The Labute approximate surface area is 85.6 Å². The number of hydrogen-bond acceptors (Lipinski definition) is 2. The highest BCUT2D eigenvalue weighted by Crippen LogP contribution is 2.29. The van der Waals surface area contributed by atoms with Crippen molar-refractivity contribution in [2.45, 2.75) is 12.6 Å². The topological polar surface area (TPSA) is 38.9 Å². The summed E-state index contributed by atoms with van der Waals surface area (Å²) in [6.07, 6.45) is 0.673. The van der Waals surface area contributed by atoms with Crippen LogP contribution in [-0.4, -0.2) is 11.5 Å². The van der Waals surface area contributed by atoms with Gasteiger partial charge in [-0.05, 0) is 31.2 Å². The Morgan fingerprint density at radius 2 is 2.13 bits per heavy atom. The first-order chi connectivity index (χ1) is 7.04. The zero-order valence-electron chi connectivity index (χ0n) is 7.96. The molecule has 0 aromatic carbocycles. The van der Waals surface area contributed by atoms with Crippen molar-refractivity contribution < 1.29 is 13.2 Å². The van der Waals surface area contributed by atoms with E-state index in [4.69, 9.17) is 5.73 Å². The lowest BCUT2D eigenvalue weighted by Gasteiger charge is -2.05. The predicted octanol–water partition coefficient (Wildman–Crippen LogP) is 2.46. The molecule has 0 bridgehead atoms. The van der Waals surface area contributed by atoms with Gasteiger partial charge in [0.1, 0.15) is 0 Å². The molecular weight excluding hydrogens is 205 g/mol. The normalized spacial score (nSPS) is 12.3. The number of alkyl halides is 3. The minimum absolute atomic E-state index is 0.290. The van der Waals surface area contributed by atoms with Gasteiger partial charge in [-0.2, -0.15) is 13.2 Å². The van der Waals surface area contributed by atoms with Crippen LogP contribution in [-0.2, 0) is 6.18 Å². The lowest BCUT2D eigenvalue weighted by Crippen LogP contribution is -2.05. The summed E-state index contributed by atoms with van der Waals surface area (Å²) >= 11 is 0. The molecule has 0 unspecified atom stereocenters. The number of nitrogens with two attached hydrogens (primary N) is 1. The van der Waals surface area contributed by atoms with Crippen LogP contribution in [0.15, 0.2) is 24.4 Å². The molecule has 0 fully saturated rings. The van der Waals surface area contributed by atoms with Crippen molar-refractivity contribution in [3.8, 4) is 0 Å². The van der Waals surface area contributed by atoms with Gasteiger partial charge in [-0.1, -0.05) is 6.08 Å². The number of halogens is 3. The van der Waals surface area contributed by atoms with Crippen LogP contribution in [0.3, 0.4) is 0 Å². The standard InChI is InChI=1S/C10H11F3N2/c11-10(12,13)8-4-6-15-9(7-8)3-1-2-5-14/h1,3-4,6-7H,2,5,14H2. The average molecular weight is 216 g/mol. The van der Waals surface area contributed by atoms with Crippen LogP contribution in [0.25, 0.3) is 6.08 Å². The molecule has 15 heavy (non-hydrogen) atoms. The molecule has 0 radical (unpaired) electrons. The Hall–Kier alpha value is -1.36. The van der Waals surface area contributed by atoms with Gasteiger partial charge in [0.25, 0.3) is 0 Å². The van der Waals surface area contributed by atoms with Crippen molar-refractivity contribution in [2.24, 2.45) is 5.73 Å². The van der Waals surface area contributed by atoms with Crippen LogP contribution in [0.2, 0.25) is 0 Å². The Morgan fingerprint density at radius 1 is 1.40 bits per heavy atom. The molecule has 82 valence electrons. The largest absolute Gasteiger partial charge is 0.416 e. The average Bonchev–Trinajstić information content (AvgIpc) is 2.17. The number of rotatable bonds is 3. The summed E-state index contributed by atoms with van der Waals surface area (Å²) in [4.78, 5) is 3.80. The van der Waals surface area contributed by atoms with Gasteiger partial charge in [0.15, 0.2) is 0 Å². The van der Waals surface area contributed by atoms with Gasteiger partial charge in [0, 0.05) is 6.20 Å². The fourth-order valence-corrected chi connectivity index (χ4v) is 1.02. The molecule has 1 aromatic rings. The Balaban J connectivity index is 2.84. The van der Waals surface area contributed by atoms with E-state index in [9.17, 15) is 13.2 Å². The second-order valence-corrected chi connectivity index (χ2v) is 2.95. The van der Waals surface area contributed by atoms with Crippen molar-refractivity contribution in [1.29, 1.82) is 0 Å². The molecule has 5 heteroatoms. The molecule has 0 atom stereocenters. The summed E-state index contributed by atoms with van der Waals surface area (Å²) in [5.41, 5.74) is 4.84. The van der Waals surface area contributed by atoms with E-state index in [1.54, 1.807) is 6.08 Å². The first-order valence-electron chi connectivity index (χ1n) is 4.44. The minimum atomic E-state index is -4.32. The molecule has 0 saturated heterocycles. The van der Waals surface area contributed by atoms with E-state index in [2.05, 4.69) is 4.98 Å². The Morgan fingerprint density at radius 3 is 2.73 bits per heavy atom. The predicted molar refractivity (Wildman–Crippen MR) is 51.9 cm³/mol. The molecule has 2 nitrogen and oxygen atoms in total. The maximum atomic E-state index is 12.3. The smallest absolute Gasteiger partial charge is 0.330 e. The van der Waals surface area contributed by atoms with Crippen LogP contribution in [0.1, 0.15) is 17.7 Å². The van der Waals surface area contributed by atoms with Gasteiger partial charge >= 0.3 is 6.18 Å². The Bertz CT molecular complexity index is 345. The van der Waals surface area contributed by atoms with Crippen LogP contribution < -0.4 is 5.73 Å². The van der Waals surface area contributed by atoms with E-state index in [0.29, 0.717) is 18.7 Å². The summed E-state index contributed by atoms with van der Waals surface area (Å²) in [6.45, 7) is 0.468. The summed E-state index contributed by atoms with van der Waals surface area (Å²) in [6, 6.07) is 1.95. The molecule has 0 saturated carbocycles. The SMILES string of the molecule is NCCC=Cc1cc(C(F)(F)F)ccn1. The van der Waals surface area contributed by atoms with Crippen LogP contribution in [0, 0.1) is 0 Å². The quantitative estimate of drug-likeness (QED) is 0.842. The van der Waals surface area contributed by atoms with Crippen molar-refractivity contribution in [3.63, 3.8) is 0 Å². The third kappa shape index (κ3) is 3.71. The summed E-state index contributed by atoms with van der Waals surface area (Å²) in [5.74, 6) is 0. The highest BCUT2D eigenvalue weighted by atomic mass is 19.4. The van der Waals surface area contributed by atoms with Gasteiger partial charge in [-0.15, -0.1) is 0 Å². The van der Waals surface area contributed by atoms with Crippen molar-refractivity contribution in [3.05, 3.63) is 35.7 Å². The second kappa shape index (κ2) is 4.93. The van der Waals surface area contributed by atoms with Gasteiger partial charge in [0.2, 0.25) is 0 Å². The second-order valence-electron chi connectivity index (χ2n) is 2.95. The molecular formula is C10H11F3N2. The number of hydrogen-bond donors (Lipinski definition) is 1. The fourth-order valence-electron chi connectivity index (χ4n) is 1.02. The molecule has 2 N–H and O–H groups in total. The molecule has 1 heterocycles. The molecule has 0 aliphatic carbocycles. The molecule has 0 aliphatic rings. The summed E-state index contributed by atoms with van der Waals surface area (Å²) < 4.78 is 36.9. The van der Waals surface area contributed by atoms with Crippen LogP contribution in [0.5, 0.6) is 0 Å². The number of nitrogens with zero attached hydrogens (tertiary/aromatic N) is 1. The van der Waals surface area contributed by atoms with E-state index >= 15 is 0 Å². The minimum Gasteiger partial charge on any atom is -0.330 e. The summed E-state index contributed by atoms with van der Waals surface area (Å²) in [5, 5.41) is 0. The van der Waals surface area contributed by atoms with Crippen molar-refractivity contribution >= 4 is 6.08 Å². The zero-order valence-corrected chi connectivity index (χ0v) is 7.96. The molecule has 0 amide bonds. The molecule has 1 rings (SSSR count). The van der Waals surface area contributed by atoms with E-state index in [1.807, 2.05) is 0 Å². The Kier molecular flexibility index (Phi) is 3.85. The highest BCUT2D eigenvalue weighted by Gasteiger charge is 2.30. The van der Waals surface area contributed by atoms with Gasteiger partial charge in [-0.25, -0.2) is 0 Å². The number of pyridine rings is 1. The summed E-state index contributed by atoms with van der Waals surface area (Å²) in [7, 11) is 0. The van der Waals surface area contributed by atoms with Gasteiger partial charge < -0.3 is 5.73 Å². The maximum absolute atomic E-state index is 12.3. The molecule has 0 spiro atoms. The van der Waals surface area contributed by atoms with Gasteiger partial charge in [0.05, 0.1) is 11.3 Å². The highest BCUT2D eigenvalue weighted by molar-refractivity contribution is 5.45. The van der Waals surface area contributed by atoms with E-state index in [1.165, 1.54) is 6.08 Å². The number of aromatic nitrogens is 1. The monoisotopic (exact) mass is 216 g/mol. The fraction of sp³-hybridized carbons (Fsp3) is 0.300. The van der Waals surface area contributed by atoms with Crippen molar-refractivity contribution in [1.82, 2.24) is 4.98 Å². The van der Waals surface area contributed by atoms with E-state index in [-0.39, 0.29) is 0 Å². The third-order valence-electron chi connectivity index (χ3n) is 1.73. The van der Waals surface area contributed by atoms with Gasteiger partial charge in [-0.3, -0.25) is 4.98 Å². The van der Waals surface area contributed by atoms with E-state index in [0.717, 1.165) is 18.3 Å². The molecule has 0 aliphatic heterocycles. The zero-order chi connectivity index (χ0) is 11.3. The molecule has 1 aromatic heterocycles. The lowest BCUT2D eigenvalue weighted by molar-refractivity contribution is -0.137. The van der Waals surface area contributed by atoms with E-state index < -0.39 is 11.7 Å².